The van der Waals surface area contributed by atoms with E-state index >= 15 is 0 Å². The van der Waals surface area contributed by atoms with Crippen LogP contribution in [0.3, 0.4) is 0 Å². The molecule has 0 amide bonds. The highest BCUT2D eigenvalue weighted by atomic mass is 19.4. The van der Waals surface area contributed by atoms with Gasteiger partial charge in [-0.05, 0) is 70.6 Å². The first-order chi connectivity index (χ1) is 13.3. The fraction of sp³-hybridized carbons (Fsp3) is 0.900. The van der Waals surface area contributed by atoms with Gasteiger partial charge >= 0.3 is 24.3 Å². The number of hydrogen-bond acceptors (Lipinski definition) is 4. The van der Waals surface area contributed by atoms with Crippen LogP contribution >= 0.6 is 0 Å². The maximum Gasteiger partial charge on any atom is 0.405 e. The van der Waals surface area contributed by atoms with Crippen molar-refractivity contribution >= 4 is 11.9 Å². The third-order valence-corrected chi connectivity index (χ3v) is 6.88. The lowest BCUT2D eigenvalue weighted by atomic mass is 9.60. The van der Waals surface area contributed by atoms with Gasteiger partial charge in [-0.25, -0.2) is 0 Å². The van der Waals surface area contributed by atoms with E-state index in [-0.39, 0.29) is 6.42 Å². The highest BCUT2D eigenvalue weighted by Crippen LogP contribution is 2.69. The highest BCUT2D eigenvalue weighted by molar-refractivity contribution is 5.80. The van der Waals surface area contributed by atoms with E-state index in [2.05, 4.69) is 4.74 Å². The van der Waals surface area contributed by atoms with Crippen molar-refractivity contribution in [1.29, 1.82) is 0 Å². The van der Waals surface area contributed by atoms with Gasteiger partial charge in [0.25, 0.3) is 0 Å². The van der Waals surface area contributed by atoms with Crippen molar-refractivity contribution in [3.8, 4) is 0 Å². The van der Waals surface area contributed by atoms with E-state index in [4.69, 9.17) is 4.74 Å². The van der Waals surface area contributed by atoms with E-state index in [0.29, 0.717) is 6.92 Å². The molecule has 0 radical (unpaired) electrons. The van der Waals surface area contributed by atoms with Gasteiger partial charge in [0, 0.05) is 0 Å². The lowest BCUT2D eigenvalue weighted by Gasteiger charge is -2.46. The molecule has 6 unspecified atom stereocenters. The lowest BCUT2D eigenvalue weighted by molar-refractivity contribution is -0.264. The lowest BCUT2D eigenvalue weighted by Crippen LogP contribution is -2.56. The van der Waals surface area contributed by atoms with Crippen LogP contribution in [0.15, 0.2) is 0 Å². The minimum atomic E-state index is -5.02. The normalized spacial score (nSPS) is 33.9. The quantitative estimate of drug-likeness (QED) is 0.434. The fourth-order valence-corrected chi connectivity index (χ4v) is 5.22. The summed E-state index contributed by atoms with van der Waals surface area (Å²) in [5, 5.41) is 0. The number of alkyl halides is 6. The minimum absolute atomic E-state index is 0.0420. The Morgan fingerprint density at radius 1 is 1.03 bits per heavy atom. The topological polar surface area (TPSA) is 52.6 Å². The third-order valence-electron chi connectivity index (χ3n) is 6.88. The van der Waals surface area contributed by atoms with Gasteiger partial charge in [0.2, 0.25) is 0 Å². The zero-order valence-electron chi connectivity index (χ0n) is 17.8. The highest BCUT2D eigenvalue weighted by Gasteiger charge is 2.75. The number of ether oxygens (including phenoxy) is 2. The standard InChI is InChI=1S/C20H28F6O4/c1-10-11-7-13(12(10)9-17(5,14(27)29-6)19(21,22)23)18(8-11,20(24,25)26)15(28)30-16(2,3)4/h10-13H,7-9H2,1-6H3. The van der Waals surface area contributed by atoms with Gasteiger partial charge in [-0.2, -0.15) is 26.3 Å². The Balaban J connectivity index is 2.51. The number of rotatable bonds is 4. The Hall–Kier alpha value is -1.48. The Morgan fingerprint density at radius 2 is 1.57 bits per heavy atom. The van der Waals surface area contributed by atoms with Crippen molar-refractivity contribution < 1.29 is 45.4 Å². The Morgan fingerprint density at radius 3 is 1.93 bits per heavy atom. The molecule has 2 rings (SSSR count). The van der Waals surface area contributed by atoms with Gasteiger partial charge in [0.1, 0.15) is 5.60 Å². The molecule has 0 aromatic carbocycles. The molecule has 30 heavy (non-hydrogen) atoms. The second-order valence-electron chi connectivity index (χ2n) is 9.83. The average Bonchev–Trinajstić information content (AvgIpc) is 3.08. The van der Waals surface area contributed by atoms with Crippen molar-refractivity contribution in [2.75, 3.05) is 7.11 Å². The molecule has 0 aromatic rings. The summed E-state index contributed by atoms with van der Waals surface area (Å²) in [6, 6.07) is 0. The van der Waals surface area contributed by atoms with Gasteiger partial charge in [-0.15, -0.1) is 0 Å². The van der Waals surface area contributed by atoms with Crippen LogP contribution in [0.4, 0.5) is 26.3 Å². The molecular formula is C20H28F6O4. The van der Waals surface area contributed by atoms with E-state index < -0.39 is 77.2 Å². The molecule has 0 saturated heterocycles. The summed E-state index contributed by atoms with van der Waals surface area (Å²) >= 11 is 0. The van der Waals surface area contributed by atoms with Crippen LogP contribution in [-0.2, 0) is 19.1 Å². The zero-order valence-corrected chi connectivity index (χ0v) is 17.8. The maximum absolute atomic E-state index is 14.3. The second kappa shape index (κ2) is 7.29. The summed E-state index contributed by atoms with van der Waals surface area (Å²) in [7, 11) is 0.803. The molecule has 2 aliphatic rings. The fourth-order valence-electron chi connectivity index (χ4n) is 5.22. The first kappa shape index (κ1) is 24.8. The molecule has 0 aliphatic heterocycles. The molecule has 0 N–H and O–H groups in total. The van der Waals surface area contributed by atoms with E-state index in [1.54, 1.807) is 6.92 Å². The molecule has 6 atom stereocenters. The molecule has 4 nitrogen and oxygen atoms in total. The molecule has 2 aliphatic carbocycles. The molecule has 174 valence electrons. The molecule has 0 spiro atoms. The minimum Gasteiger partial charge on any atom is -0.468 e. The third kappa shape index (κ3) is 3.79. The average molecular weight is 446 g/mol. The molecular weight excluding hydrogens is 418 g/mol. The second-order valence-corrected chi connectivity index (χ2v) is 9.83. The van der Waals surface area contributed by atoms with E-state index in [1.807, 2.05) is 0 Å². The number of methoxy groups -OCH3 is 1. The molecule has 0 heterocycles. The first-order valence-corrected chi connectivity index (χ1v) is 9.77. The van der Waals surface area contributed by atoms with Gasteiger partial charge in [0.05, 0.1) is 7.11 Å². The number of carbonyl (C=O) groups is 2. The van der Waals surface area contributed by atoms with Gasteiger partial charge < -0.3 is 9.47 Å². The molecule has 2 bridgehead atoms. The molecule has 0 aromatic heterocycles. The smallest absolute Gasteiger partial charge is 0.405 e. The number of hydrogen-bond donors (Lipinski definition) is 0. The van der Waals surface area contributed by atoms with Crippen molar-refractivity contribution in [2.24, 2.45) is 34.5 Å². The number of esters is 2. The zero-order chi connectivity index (χ0) is 23.5. The summed E-state index contributed by atoms with van der Waals surface area (Å²) in [5.74, 6) is -6.68. The summed E-state index contributed by atoms with van der Waals surface area (Å²) in [4.78, 5) is 24.8. The van der Waals surface area contributed by atoms with E-state index in [0.717, 1.165) is 7.11 Å². The Kier molecular flexibility index (Phi) is 6.02. The predicted molar refractivity (Wildman–Crippen MR) is 94.0 cm³/mol. The number of halogens is 6. The monoisotopic (exact) mass is 446 g/mol. The molecule has 2 saturated carbocycles. The van der Waals surface area contributed by atoms with Crippen LogP contribution in [0.5, 0.6) is 0 Å². The van der Waals surface area contributed by atoms with Crippen LogP contribution in [0, 0.1) is 34.5 Å². The van der Waals surface area contributed by atoms with Crippen LogP contribution in [0.2, 0.25) is 0 Å². The summed E-state index contributed by atoms with van der Waals surface area (Å²) < 4.78 is 93.5. The van der Waals surface area contributed by atoms with Crippen LogP contribution in [0.1, 0.15) is 53.9 Å². The first-order valence-electron chi connectivity index (χ1n) is 9.77. The summed E-state index contributed by atoms with van der Waals surface area (Å²) in [6.45, 7) is 6.51. The van der Waals surface area contributed by atoms with Gasteiger partial charge in [-0.3, -0.25) is 9.59 Å². The van der Waals surface area contributed by atoms with Crippen molar-refractivity contribution in [3.05, 3.63) is 0 Å². The van der Waals surface area contributed by atoms with Crippen LogP contribution < -0.4 is 0 Å². The van der Waals surface area contributed by atoms with E-state index in [1.165, 1.54) is 20.8 Å². The van der Waals surface area contributed by atoms with Gasteiger partial charge in [0.15, 0.2) is 10.8 Å². The summed E-state index contributed by atoms with van der Waals surface area (Å²) in [5.41, 5.74) is -7.05. The van der Waals surface area contributed by atoms with Crippen molar-refractivity contribution in [2.45, 2.75) is 71.8 Å². The molecule has 10 heteroatoms. The Bertz CT molecular complexity index is 695. The van der Waals surface area contributed by atoms with Crippen LogP contribution in [0.25, 0.3) is 0 Å². The van der Waals surface area contributed by atoms with E-state index in [9.17, 15) is 35.9 Å². The largest absolute Gasteiger partial charge is 0.468 e. The SMILES string of the molecule is COC(=O)C(C)(CC1C(C)C2CC1C(C(=O)OC(C)(C)C)(C(F)(F)F)C2)C(F)(F)F. The maximum atomic E-state index is 14.3. The Labute approximate surface area is 171 Å². The van der Waals surface area contributed by atoms with Crippen molar-refractivity contribution in [3.63, 3.8) is 0 Å². The van der Waals surface area contributed by atoms with Crippen molar-refractivity contribution in [1.82, 2.24) is 0 Å². The molecule has 2 fully saturated rings. The number of carbonyl (C=O) groups excluding carboxylic acids is 2. The summed E-state index contributed by atoms with van der Waals surface area (Å²) in [6.07, 6.45) is -11.5. The number of fused-ring (bicyclic) bond motifs is 2. The van der Waals surface area contributed by atoms with Gasteiger partial charge in [-0.1, -0.05) is 6.92 Å². The predicted octanol–water partition coefficient (Wildman–Crippen LogP) is 5.30. The van der Waals surface area contributed by atoms with Crippen LogP contribution in [-0.4, -0.2) is 37.0 Å².